The van der Waals surface area contributed by atoms with Gasteiger partial charge in [-0.05, 0) is 49.9 Å². The maximum Gasteiger partial charge on any atom is 0.148 e. The van der Waals surface area contributed by atoms with E-state index in [1.54, 1.807) is 0 Å². The SMILES string of the molecule is C=C(C)[C@@H]1CC[C@@H](C)[C@@H]2C[C@@H](O)C(C=O)=C[C@H]21. The summed E-state index contributed by atoms with van der Waals surface area (Å²) in [5, 5.41) is 9.93. The lowest BCUT2D eigenvalue weighted by Gasteiger charge is -2.44. The molecule has 17 heavy (non-hydrogen) atoms. The molecule has 0 aromatic heterocycles. The van der Waals surface area contributed by atoms with Crippen molar-refractivity contribution in [2.24, 2.45) is 23.7 Å². The summed E-state index contributed by atoms with van der Waals surface area (Å²) in [6.45, 7) is 8.43. The van der Waals surface area contributed by atoms with Crippen molar-refractivity contribution in [1.82, 2.24) is 0 Å². The molecule has 0 radical (unpaired) electrons. The van der Waals surface area contributed by atoms with E-state index in [0.29, 0.717) is 29.2 Å². The van der Waals surface area contributed by atoms with Crippen LogP contribution in [0.1, 0.15) is 33.1 Å². The third-order valence-electron chi connectivity index (χ3n) is 4.66. The van der Waals surface area contributed by atoms with Gasteiger partial charge in [0.1, 0.15) is 6.29 Å². The average molecular weight is 234 g/mol. The van der Waals surface area contributed by atoms with Gasteiger partial charge in [-0.25, -0.2) is 0 Å². The predicted molar refractivity (Wildman–Crippen MR) is 68.5 cm³/mol. The zero-order valence-corrected chi connectivity index (χ0v) is 10.7. The van der Waals surface area contributed by atoms with Gasteiger partial charge in [-0.15, -0.1) is 0 Å². The smallest absolute Gasteiger partial charge is 0.148 e. The Bertz CT molecular complexity index is 356. The van der Waals surface area contributed by atoms with Crippen LogP contribution < -0.4 is 0 Å². The number of hydrogen-bond acceptors (Lipinski definition) is 2. The van der Waals surface area contributed by atoms with E-state index in [1.807, 2.05) is 6.08 Å². The molecule has 0 aromatic rings. The highest BCUT2D eigenvalue weighted by atomic mass is 16.3. The van der Waals surface area contributed by atoms with Crippen molar-refractivity contribution in [3.8, 4) is 0 Å². The lowest BCUT2D eigenvalue weighted by Crippen LogP contribution is -2.39. The molecule has 0 aliphatic heterocycles. The van der Waals surface area contributed by atoms with E-state index < -0.39 is 6.10 Å². The van der Waals surface area contributed by atoms with E-state index in [1.165, 1.54) is 12.0 Å². The quantitative estimate of drug-likeness (QED) is 0.589. The van der Waals surface area contributed by atoms with Crippen LogP contribution in [-0.4, -0.2) is 17.5 Å². The average Bonchev–Trinajstić information content (AvgIpc) is 2.29. The molecule has 5 atom stereocenters. The van der Waals surface area contributed by atoms with Crippen LogP contribution in [0.25, 0.3) is 0 Å². The third kappa shape index (κ3) is 2.23. The fourth-order valence-electron chi connectivity index (χ4n) is 3.58. The van der Waals surface area contributed by atoms with Crippen molar-refractivity contribution in [2.45, 2.75) is 39.2 Å². The molecule has 0 amide bonds. The molecule has 0 aromatic carbocycles. The van der Waals surface area contributed by atoms with Crippen molar-refractivity contribution in [3.63, 3.8) is 0 Å². The Kier molecular flexibility index (Phi) is 3.53. The van der Waals surface area contributed by atoms with E-state index in [2.05, 4.69) is 20.4 Å². The third-order valence-corrected chi connectivity index (χ3v) is 4.66. The van der Waals surface area contributed by atoms with Crippen LogP contribution in [0.5, 0.6) is 0 Å². The summed E-state index contributed by atoms with van der Waals surface area (Å²) in [5.74, 6) is 2.03. The number of allylic oxidation sites excluding steroid dienone is 2. The molecule has 1 N–H and O–H groups in total. The summed E-state index contributed by atoms with van der Waals surface area (Å²) in [7, 11) is 0. The van der Waals surface area contributed by atoms with Gasteiger partial charge in [0, 0.05) is 5.57 Å². The fraction of sp³-hybridized carbons (Fsp3) is 0.667. The number of aliphatic hydroxyl groups excluding tert-OH is 1. The number of aliphatic hydroxyl groups is 1. The highest BCUT2D eigenvalue weighted by Gasteiger charge is 2.40. The van der Waals surface area contributed by atoms with E-state index in [9.17, 15) is 9.90 Å². The van der Waals surface area contributed by atoms with Crippen LogP contribution in [0, 0.1) is 23.7 Å². The molecule has 1 fully saturated rings. The first-order valence-electron chi connectivity index (χ1n) is 6.55. The van der Waals surface area contributed by atoms with E-state index in [-0.39, 0.29) is 0 Å². The van der Waals surface area contributed by atoms with E-state index in [0.717, 1.165) is 19.1 Å². The van der Waals surface area contributed by atoms with Gasteiger partial charge in [0.2, 0.25) is 0 Å². The number of rotatable bonds is 2. The molecule has 1 saturated carbocycles. The van der Waals surface area contributed by atoms with Crippen LogP contribution in [0.2, 0.25) is 0 Å². The predicted octanol–water partition coefficient (Wildman–Crippen LogP) is 2.73. The Balaban J connectivity index is 2.32. The summed E-state index contributed by atoms with van der Waals surface area (Å²) >= 11 is 0. The molecule has 2 nitrogen and oxygen atoms in total. The lowest BCUT2D eigenvalue weighted by atomic mass is 9.61. The Morgan fingerprint density at radius 2 is 2.24 bits per heavy atom. The maximum absolute atomic E-state index is 11.0. The molecule has 2 aliphatic rings. The van der Waals surface area contributed by atoms with Gasteiger partial charge in [0.25, 0.3) is 0 Å². The topological polar surface area (TPSA) is 37.3 Å². The van der Waals surface area contributed by atoms with Gasteiger partial charge in [-0.3, -0.25) is 4.79 Å². The molecule has 2 aliphatic carbocycles. The minimum absolute atomic E-state index is 0.403. The van der Waals surface area contributed by atoms with Crippen LogP contribution >= 0.6 is 0 Å². The molecular formula is C15H22O2. The first kappa shape index (κ1) is 12.6. The largest absolute Gasteiger partial charge is 0.388 e. The zero-order valence-electron chi connectivity index (χ0n) is 10.7. The first-order valence-corrected chi connectivity index (χ1v) is 6.55. The van der Waals surface area contributed by atoms with Crippen molar-refractivity contribution < 1.29 is 9.90 Å². The normalized spacial score (nSPS) is 41.4. The van der Waals surface area contributed by atoms with E-state index in [4.69, 9.17) is 0 Å². The summed E-state index contributed by atoms with van der Waals surface area (Å²) in [4.78, 5) is 11.0. The molecule has 0 spiro atoms. The fourth-order valence-corrected chi connectivity index (χ4v) is 3.58. The van der Waals surface area contributed by atoms with Gasteiger partial charge in [0.05, 0.1) is 6.10 Å². The van der Waals surface area contributed by atoms with E-state index >= 15 is 0 Å². The second-order valence-corrected chi connectivity index (χ2v) is 5.78. The van der Waals surface area contributed by atoms with Crippen LogP contribution in [-0.2, 0) is 4.79 Å². The molecular weight excluding hydrogens is 212 g/mol. The Morgan fingerprint density at radius 3 is 2.82 bits per heavy atom. The van der Waals surface area contributed by atoms with Gasteiger partial charge >= 0.3 is 0 Å². The number of fused-ring (bicyclic) bond motifs is 1. The number of carbonyl (C=O) groups is 1. The van der Waals surface area contributed by atoms with Crippen molar-refractivity contribution >= 4 is 6.29 Å². The van der Waals surface area contributed by atoms with Gasteiger partial charge < -0.3 is 5.11 Å². The Morgan fingerprint density at radius 1 is 1.53 bits per heavy atom. The second kappa shape index (κ2) is 4.77. The summed E-state index contributed by atoms with van der Waals surface area (Å²) in [6.07, 6.45) is 5.38. The number of carbonyl (C=O) groups excluding carboxylic acids is 1. The number of hydrogen-bond donors (Lipinski definition) is 1. The molecule has 0 saturated heterocycles. The highest BCUT2D eigenvalue weighted by Crippen LogP contribution is 2.47. The minimum Gasteiger partial charge on any atom is -0.388 e. The van der Waals surface area contributed by atoms with Gasteiger partial charge in [-0.2, -0.15) is 0 Å². The van der Waals surface area contributed by atoms with Crippen LogP contribution in [0.15, 0.2) is 23.8 Å². The monoisotopic (exact) mass is 234 g/mol. The summed E-state index contributed by atoms with van der Waals surface area (Å²) < 4.78 is 0. The molecule has 94 valence electrons. The van der Waals surface area contributed by atoms with Gasteiger partial charge in [-0.1, -0.05) is 25.2 Å². The van der Waals surface area contributed by atoms with Crippen LogP contribution in [0.3, 0.4) is 0 Å². The Labute approximate surface area is 103 Å². The summed E-state index contributed by atoms with van der Waals surface area (Å²) in [5.41, 5.74) is 1.79. The van der Waals surface area contributed by atoms with Crippen molar-refractivity contribution in [2.75, 3.05) is 0 Å². The maximum atomic E-state index is 11.0. The Hall–Kier alpha value is -0.890. The molecule has 2 heteroatoms. The van der Waals surface area contributed by atoms with Crippen molar-refractivity contribution in [1.29, 1.82) is 0 Å². The first-order chi connectivity index (χ1) is 8.04. The van der Waals surface area contributed by atoms with Crippen molar-refractivity contribution in [3.05, 3.63) is 23.8 Å². The highest BCUT2D eigenvalue weighted by molar-refractivity contribution is 5.75. The second-order valence-electron chi connectivity index (χ2n) is 5.78. The summed E-state index contributed by atoms with van der Waals surface area (Å²) in [6, 6.07) is 0. The zero-order chi connectivity index (χ0) is 12.6. The van der Waals surface area contributed by atoms with Gasteiger partial charge in [0.15, 0.2) is 0 Å². The molecule has 0 bridgehead atoms. The number of aldehydes is 1. The molecule has 2 rings (SSSR count). The molecule has 0 heterocycles. The minimum atomic E-state index is -0.555. The van der Waals surface area contributed by atoms with Crippen LogP contribution in [0.4, 0.5) is 0 Å². The standard InChI is InChI=1S/C15H22O2/c1-9(2)12-5-4-10(3)13-7-15(17)11(8-16)6-14(12)13/h6,8,10,12-15,17H,1,4-5,7H2,2-3H3/t10-,12+,13+,14+,15-/m1/s1. The molecule has 0 unspecified atom stereocenters. The lowest BCUT2D eigenvalue weighted by molar-refractivity contribution is -0.106.